The van der Waals surface area contributed by atoms with E-state index in [0.29, 0.717) is 0 Å². The maximum Gasteiger partial charge on any atom is -0.0350 e. The Labute approximate surface area is 51.9 Å². The molecular formula is C8H14. The molecular weight excluding hydrogens is 96.1 g/mol. The van der Waals surface area contributed by atoms with Gasteiger partial charge in [-0.1, -0.05) is 37.6 Å². The Morgan fingerprint density at radius 3 is 2.62 bits per heavy atom. The van der Waals surface area contributed by atoms with Crippen molar-refractivity contribution in [3.05, 3.63) is 24.3 Å². The van der Waals surface area contributed by atoms with Crippen LogP contribution >= 0.6 is 0 Å². The highest BCUT2D eigenvalue weighted by Gasteiger charge is 1.72. The van der Waals surface area contributed by atoms with Crippen molar-refractivity contribution in [2.24, 2.45) is 0 Å². The molecule has 0 aromatic rings. The highest BCUT2D eigenvalue weighted by molar-refractivity contribution is 5.10. The van der Waals surface area contributed by atoms with Crippen LogP contribution in [-0.4, -0.2) is 0 Å². The van der Waals surface area contributed by atoms with E-state index in [2.05, 4.69) is 25.7 Å². The van der Waals surface area contributed by atoms with Gasteiger partial charge in [-0.15, -0.1) is 0 Å². The van der Waals surface area contributed by atoms with Gasteiger partial charge in [0.25, 0.3) is 0 Å². The maximum absolute atomic E-state index is 3.74. The van der Waals surface area contributed by atoms with Crippen LogP contribution in [0.2, 0.25) is 0 Å². The summed E-state index contributed by atoms with van der Waals surface area (Å²) in [4.78, 5) is 0. The zero-order valence-electron chi connectivity index (χ0n) is 5.78. The fourth-order valence-corrected chi connectivity index (χ4v) is 0.451. The summed E-state index contributed by atoms with van der Waals surface area (Å²) in [6.45, 7) is 7.92. The third kappa shape index (κ3) is 5.48. The molecule has 0 heteroatoms. The lowest BCUT2D eigenvalue weighted by Crippen LogP contribution is -1.62. The van der Waals surface area contributed by atoms with Gasteiger partial charge in [0.2, 0.25) is 0 Å². The lowest BCUT2D eigenvalue weighted by molar-refractivity contribution is 0.958. The SMILES string of the molecule is C=C(C)/C=C/CCC. The molecule has 0 spiro atoms. The van der Waals surface area contributed by atoms with Crippen LogP contribution in [0, 0.1) is 0 Å². The molecule has 0 nitrogen and oxygen atoms in total. The standard InChI is InChI=1S/C8H14/c1-4-5-6-7-8(2)3/h6-7H,2,4-5H2,1,3H3/b7-6+. The largest absolute Gasteiger partial charge is 0.0961 e. The van der Waals surface area contributed by atoms with Crippen LogP contribution in [0.4, 0.5) is 0 Å². The maximum atomic E-state index is 3.74. The zero-order chi connectivity index (χ0) is 6.41. The molecule has 0 amide bonds. The Balaban J connectivity index is 3.20. The lowest BCUT2D eigenvalue weighted by atomic mass is 10.2. The Kier molecular flexibility index (Phi) is 4.33. The first-order valence-corrected chi connectivity index (χ1v) is 3.09. The first kappa shape index (κ1) is 7.48. The predicted molar refractivity (Wildman–Crippen MR) is 38.9 cm³/mol. The molecule has 0 aliphatic rings. The molecule has 0 atom stereocenters. The van der Waals surface area contributed by atoms with Gasteiger partial charge >= 0.3 is 0 Å². The molecule has 0 rings (SSSR count). The number of unbranched alkanes of at least 4 members (excludes halogenated alkanes) is 1. The Morgan fingerprint density at radius 1 is 1.62 bits per heavy atom. The summed E-state index contributed by atoms with van der Waals surface area (Å²) < 4.78 is 0. The molecule has 0 aromatic carbocycles. The van der Waals surface area contributed by atoms with Crippen molar-refractivity contribution in [1.29, 1.82) is 0 Å². The van der Waals surface area contributed by atoms with Gasteiger partial charge < -0.3 is 0 Å². The molecule has 0 saturated carbocycles. The number of rotatable bonds is 3. The van der Waals surface area contributed by atoms with Crippen molar-refractivity contribution in [2.75, 3.05) is 0 Å². The van der Waals surface area contributed by atoms with E-state index >= 15 is 0 Å². The summed E-state index contributed by atoms with van der Waals surface area (Å²) in [6, 6.07) is 0. The van der Waals surface area contributed by atoms with Crippen molar-refractivity contribution in [1.82, 2.24) is 0 Å². The Morgan fingerprint density at radius 2 is 2.25 bits per heavy atom. The second-order valence-electron chi connectivity index (χ2n) is 2.04. The molecule has 0 radical (unpaired) electrons. The predicted octanol–water partition coefficient (Wildman–Crippen LogP) is 2.92. The summed E-state index contributed by atoms with van der Waals surface area (Å²) >= 11 is 0. The van der Waals surface area contributed by atoms with Crippen LogP contribution in [0.25, 0.3) is 0 Å². The molecule has 0 unspecified atom stereocenters. The van der Waals surface area contributed by atoms with E-state index < -0.39 is 0 Å². The normalized spacial score (nSPS) is 10.2. The highest BCUT2D eigenvalue weighted by atomic mass is 13.8. The molecule has 0 saturated heterocycles. The fraction of sp³-hybridized carbons (Fsp3) is 0.500. The monoisotopic (exact) mass is 110 g/mol. The fourth-order valence-electron chi connectivity index (χ4n) is 0.451. The third-order valence-electron chi connectivity index (χ3n) is 0.858. The number of hydrogen-bond donors (Lipinski definition) is 0. The van der Waals surface area contributed by atoms with Gasteiger partial charge in [0.1, 0.15) is 0 Å². The third-order valence-corrected chi connectivity index (χ3v) is 0.858. The van der Waals surface area contributed by atoms with Crippen molar-refractivity contribution < 1.29 is 0 Å². The van der Waals surface area contributed by atoms with Gasteiger partial charge in [-0.3, -0.25) is 0 Å². The first-order chi connectivity index (χ1) is 3.77. The van der Waals surface area contributed by atoms with Gasteiger partial charge in [0, 0.05) is 0 Å². The Hall–Kier alpha value is -0.520. The van der Waals surface area contributed by atoms with Crippen molar-refractivity contribution >= 4 is 0 Å². The van der Waals surface area contributed by atoms with Crippen LogP contribution in [0.15, 0.2) is 24.3 Å². The minimum absolute atomic E-state index is 1.14. The summed E-state index contributed by atoms with van der Waals surface area (Å²) in [5.74, 6) is 0. The second kappa shape index (κ2) is 4.63. The van der Waals surface area contributed by atoms with E-state index in [4.69, 9.17) is 0 Å². The zero-order valence-corrected chi connectivity index (χ0v) is 5.78. The average molecular weight is 110 g/mol. The van der Waals surface area contributed by atoms with E-state index in [1.54, 1.807) is 0 Å². The van der Waals surface area contributed by atoms with E-state index in [0.717, 1.165) is 5.57 Å². The van der Waals surface area contributed by atoms with E-state index in [-0.39, 0.29) is 0 Å². The van der Waals surface area contributed by atoms with Crippen molar-refractivity contribution in [3.63, 3.8) is 0 Å². The second-order valence-corrected chi connectivity index (χ2v) is 2.04. The van der Waals surface area contributed by atoms with Gasteiger partial charge in [-0.25, -0.2) is 0 Å². The minimum Gasteiger partial charge on any atom is -0.0961 e. The minimum atomic E-state index is 1.14. The molecule has 46 valence electrons. The smallest absolute Gasteiger partial charge is 0.0350 e. The molecule has 0 bridgehead atoms. The molecule has 8 heavy (non-hydrogen) atoms. The lowest BCUT2D eigenvalue weighted by Gasteiger charge is -1.83. The van der Waals surface area contributed by atoms with E-state index in [1.165, 1.54) is 12.8 Å². The first-order valence-electron chi connectivity index (χ1n) is 3.09. The van der Waals surface area contributed by atoms with Gasteiger partial charge in [0.05, 0.1) is 0 Å². The molecule has 0 aromatic heterocycles. The molecule has 0 aliphatic heterocycles. The van der Waals surface area contributed by atoms with Crippen LogP contribution in [0.3, 0.4) is 0 Å². The van der Waals surface area contributed by atoms with Crippen LogP contribution in [0.1, 0.15) is 26.7 Å². The van der Waals surface area contributed by atoms with Crippen molar-refractivity contribution in [3.8, 4) is 0 Å². The molecule has 0 N–H and O–H groups in total. The van der Waals surface area contributed by atoms with Gasteiger partial charge in [0.15, 0.2) is 0 Å². The molecule has 0 heterocycles. The van der Waals surface area contributed by atoms with E-state index in [1.807, 2.05) is 6.92 Å². The van der Waals surface area contributed by atoms with Gasteiger partial charge in [-0.2, -0.15) is 0 Å². The molecule has 0 aliphatic carbocycles. The van der Waals surface area contributed by atoms with Crippen LogP contribution < -0.4 is 0 Å². The highest BCUT2D eigenvalue weighted by Crippen LogP contribution is 1.93. The average Bonchev–Trinajstić information content (AvgIpc) is 1.66. The summed E-state index contributed by atoms with van der Waals surface area (Å²) in [5.41, 5.74) is 1.14. The summed E-state index contributed by atoms with van der Waals surface area (Å²) in [6.07, 6.45) is 6.61. The molecule has 0 fully saturated rings. The van der Waals surface area contributed by atoms with Gasteiger partial charge in [-0.05, 0) is 13.3 Å². The summed E-state index contributed by atoms with van der Waals surface area (Å²) in [5, 5.41) is 0. The quantitative estimate of drug-likeness (QED) is 0.490. The number of allylic oxidation sites excluding steroid dienone is 3. The van der Waals surface area contributed by atoms with Crippen LogP contribution in [-0.2, 0) is 0 Å². The number of hydrogen-bond acceptors (Lipinski definition) is 0. The Bertz CT molecular complexity index is 88.2. The van der Waals surface area contributed by atoms with Crippen LogP contribution in [0.5, 0.6) is 0 Å². The van der Waals surface area contributed by atoms with E-state index in [9.17, 15) is 0 Å². The topological polar surface area (TPSA) is 0 Å². The summed E-state index contributed by atoms with van der Waals surface area (Å²) in [7, 11) is 0. The van der Waals surface area contributed by atoms with Crippen molar-refractivity contribution in [2.45, 2.75) is 26.7 Å².